The largest absolute Gasteiger partial charge is 0.445 e. The maximum absolute atomic E-state index is 11.6. The van der Waals surface area contributed by atoms with Gasteiger partial charge in [0.05, 0.1) is 0 Å². The molecule has 2 fully saturated rings. The minimum atomic E-state index is -0.217. The standard InChI is InChI=1S/C12H16N2O2.C6H12/c15-12(14-8-6-13-7-9-14)16-10-11-4-2-1-3-5-11;1-2-4-6-5-3-1/h1-5,13H,6-10H2;1-6H2. The molecule has 4 heteroatoms. The Morgan fingerprint density at radius 2 is 1.50 bits per heavy atom. The fraction of sp³-hybridized carbons (Fsp3) is 0.611. The molecule has 3 rings (SSSR count). The molecule has 22 heavy (non-hydrogen) atoms. The summed E-state index contributed by atoms with van der Waals surface area (Å²) in [4.78, 5) is 13.4. The van der Waals surface area contributed by atoms with Gasteiger partial charge in [0.2, 0.25) is 0 Å². The predicted octanol–water partition coefficient (Wildman–Crippen LogP) is 3.57. The molecule has 1 saturated carbocycles. The van der Waals surface area contributed by atoms with Gasteiger partial charge in [0.1, 0.15) is 6.61 Å². The molecule has 0 unspecified atom stereocenters. The van der Waals surface area contributed by atoms with Gasteiger partial charge < -0.3 is 15.0 Å². The number of nitrogens with zero attached hydrogens (tertiary/aromatic N) is 1. The fourth-order valence-corrected chi connectivity index (χ4v) is 2.72. The summed E-state index contributed by atoms with van der Waals surface area (Å²) in [6, 6.07) is 9.72. The van der Waals surface area contributed by atoms with Crippen molar-refractivity contribution in [1.82, 2.24) is 10.2 Å². The number of piperazine rings is 1. The van der Waals surface area contributed by atoms with E-state index in [0.29, 0.717) is 6.61 Å². The lowest BCUT2D eigenvalue weighted by Crippen LogP contribution is -2.46. The van der Waals surface area contributed by atoms with E-state index >= 15 is 0 Å². The van der Waals surface area contributed by atoms with Crippen LogP contribution in [0.15, 0.2) is 30.3 Å². The molecule has 0 aromatic heterocycles. The first-order valence-electron chi connectivity index (χ1n) is 8.52. The van der Waals surface area contributed by atoms with Crippen LogP contribution in [-0.2, 0) is 11.3 Å². The van der Waals surface area contributed by atoms with Crippen LogP contribution in [0.1, 0.15) is 44.1 Å². The first-order valence-corrected chi connectivity index (χ1v) is 8.52. The number of benzene rings is 1. The summed E-state index contributed by atoms with van der Waals surface area (Å²) in [5.41, 5.74) is 1.02. The summed E-state index contributed by atoms with van der Waals surface area (Å²) in [7, 11) is 0. The highest BCUT2D eigenvalue weighted by atomic mass is 16.6. The van der Waals surface area contributed by atoms with Crippen LogP contribution in [0.2, 0.25) is 0 Å². The molecule has 122 valence electrons. The van der Waals surface area contributed by atoms with E-state index in [0.717, 1.165) is 31.7 Å². The van der Waals surface area contributed by atoms with Crippen LogP contribution in [0.25, 0.3) is 0 Å². The smallest absolute Gasteiger partial charge is 0.410 e. The average Bonchev–Trinajstić information content (AvgIpc) is 2.63. The molecule has 0 spiro atoms. The van der Waals surface area contributed by atoms with Gasteiger partial charge in [0, 0.05) is 26.2 Å². The third kappa shape index (κ3) is 6.48. The predicted molar refractivity (Wildman–Crippen MR) is 88.8 cm³/mol. The third-order valence-electron chi connectivity index (χ3n) is 4.08. The van der Waals surface area contributed by atoms with Crippen molar-refractivity contribution in [3.63, 3.8) is 0 Å². The number of rotatable bonds is 2. The molecule has 1 aliphatic carbocycles. The van der Waals surface area contributed by atoms with E-state index in [1.807, 2.05) is 30.3 Å². The van der Waals surface area contributed by atoms with E-state index in [2.05, 4.69) is 5.32 Å². The van der Waals surface area contributed by atoms with Gasteiger partial charge in [-0.1, -0.05) is 68.9 Å². The van der Waals surface area contributed by atoms with Gasteiger partial charge in [-0.3, -0.25) is 0 Å². The Bertz CT molecular complexity index is 401. The van der Waals surface area contributed by atoms with E-state index < -0.39 is 0 Å². The summed E-state index contributed by atoms with van der Waals surface area (Å²) in [5, 5.41) is 3.19. The average molecular weight is 304 g/mol. The molecule has 1 aliphatic heterocycles. The highest BCUT2D eigenvalue weighted by Crippen LogP contribution is 2.15. The van der Waals surface area contributed by atoms with E-state index in [4.69, 9.17) is 4.74 Å². The van der Waals surface area contributed by atoms with E-state index in [1.54, 1.807) is 4.90 Å². The van der Waals surface area contributed by atoms with Crippen molar-refractivity contribution < 1.29 is 9.53 Å². The van der Waals surface area contributed by atoms with Crippen LogP contribution >= 0.6 is 0 Å². The molecule has 1 aromatic carbocycles. The summed E-state index contributed by atoms with van der Waals surface area (Å²) in [6.07, 6.45) is 8.78. The maximum Gasteiger partial charge on any atom is 0.410 e. The number of carbonyl (C=O) groups is 1. The van der Waals surface area contributed by atoms with Crippen molar-refractivity contribution >= 4 is 6.09 Å². The van der Waals surface area contributed by atoms with Gasteiger partial charge in [-0.15, -0.1) is 0 Å². The quantitative estimate of drug-likeness (QED) is 0.908. The summed E-state index contributed by atoms with van der Waals surface area (Å²) >= 11 is 0. The van der Waals surface area contributed by atoms with Crippen molar-refractivity contribution in [1.29, 1.82) is 0 Å². The van der Waals surface area contributed by atoms with E-state index in [9.17, 15) is 4.79 Å². The Hall–Kier alpha value is -1.55. The second kappa shape index (κ2) is 10.2. The first kappa shape index (κ1) is 16.8. The van der Waals surface area contributed by atoms with Gasteiger partial charge >= 0.3 is 6.09 Å². The molecule has 1 amide bonds. The zero-order valence-corrected chi connectivity index (χ0v) is 13.4. The zero-order chi connectivity index (χ0) is 15.5. The van der Waals surface area contributed by atoms with Gasteiger partial charge in [-0.25, -0.2) is 4.79 Å². The second-order valence-corrected chi connectivity index (χ2v) is 5.90. The molecule has 1 saturated heterocycles. The highest BCUT2D eigenvalue weighted by Gasteiger charge is 2.16. The Morgan fingerprint density at radius 1 is 0.955 bits per heavy atom. The second-order valence-electron chi connectivity index (χ2n) is 5.90. The number of hydrogen-bond donors (Lipinski definition) is 1. The normalized spacial score (nSPS) is 18.1. The number of ether oxygens (including phenoxy) is 1. The third-order valence-corrected chi connectivity index (χ3v) is 4.08. The molecule has 2 aliphatic rings. The SMILES string of the molecule is C1CCCCC1.O=C(OCc1ccccc1)N1CCNCC1. The maximum atomic E-state index is 11.6. The molecule has 1 heterocycles. The van der Waals surface area contributed by atoms with Crippen molar-refractivity contribution in [3.8, 4) is 0 Å². The van der Waals surface area contributed by atoms with Gasteiger partial charge in [0.25, 0.3) is 0 Å². The van der Waals surface area contributed by atoms with Crippen LogP contribution < -0.4 is 5.32 Å². The Labute approximate surface area is 133 Å². The monoisotopic (exact) mass is 304 g/mol. The summed E-state index contributed by atoms with van der Waals surface area (Å²) in [6.45, 7) is 3.51. The topological polar surface area (TPSA) is 41.6 Å². The Kier molecular flexibility index (Phi) is 7.81. The lowest BCUT2D eigenvalue weighted by molar-refractivity contribution is 0.0918. The van der Waals surface area contributed by atoms with Crippen LogP contribution in [0.3, 0.4) is 0 Å². The van der Waals surface area contributed by atoms with E-state index in [1.165, 1.54) is 38.5 Å². The minimum Gasteiger partial charge on any atom is -0.445 e. The van der Waals surface area contributed by atoms with Crippen LogP contribution in [0.5, 0.6) is 0 Å². The van der Waals surface area contributed by atoms with Crippen molar-refractivity contribution in [2.75, 3.05) is 26.2 Å². The molecule has 0 atom stereocenters. The highest BCUT2D eigenvalue weighted by molar-refractivity contribution is 5.67. The van der Waals surface area contributed by atoms with Crippen LogP contribution in [-0.4, -0.2) is 37.2 Å². The first-order chi connectivity index (χ1) is 10.9. The molecule has 0 radical (unpaired) electrons. The van der Waals surface area contributed by atoms with Crippen molar-refractivity contribution in [2.45, 2.75) is 45.1 Å². The van der Waals surface area contributed by atoms with Gasteiger partial charge in [0.15, 0.2) is 0 Å². The summed E-state index contributed by atoms with van der Waals surface area (Å²) < 4.78 is 5.23. The lowest BCUT2D eigenvalue weighted by Gasteiger charge is -2.26. The van der Waals surface area contributed by atoms with Crippen molar-refractivity contribution in [3.05, 3.63) is 35.9 Å². The van der Waals surface area contributed by atoms with Crippen LogP contribution in [0.4, 0.5) is 4.79 Å². The van der Waals surface area contributed by atoms with Crippen molar-refractivity contribution in [2.24, 2.45) is 0 Å². The number of nitrogens with one attached hydrogen (secondary N) is 1. The number of carbonyl (C=O) groups excluding carboxylic acids is 1. The molecular formula is C18H28N2O2. The molecular weight excluding hydrogens is 276 g/mol. The fourth-order valence-electron chi connectivity index (χ4n) is 2.72. The number of amides is 1. The number of hydrogen-bond acceptors (Lipinski definition) is 3. The Morgan fingerprint density at radius 3 is 2.05 bits per heavy atom. The van der Waals surface area contributed by atoms with Gasteiger partial charge in [-0.05, 0) is 5.56 Å². The lowest BCUT2D eigenvalue weighted by atomic mass is 10.0. The molecule has 1 N–H and O–H groups in total. The van der Waals surface area contributed by atoms with E-state index in [-0.39, 0.29) is 6.09 Å². The van der Waals surface area contributed by atoms with Gasteiger partial charge in [-0.2, -0.15) is 0 Å². The summed E-state index contributed by atoms with van der Waals surface area (Å²) in [5.74, 6) is 0. The molecule has 1 aromatic rings. The minimum absolute atomic E-state index is 0.217. The van der Waals surface area contributed by atoms with Crippen LogP contribution in [0, 0.1) is 0 Å². The Balaban J connectivity index is 0.000000246. The zero-order valence-electron chi connectivity index (χ0n) is 13.4. The molecule has 4 nitrogen and oxygen atoms in total. The molecule has 0 bridgehead atoms.